The molecule has 0 bridgehead atoms. The molecule has 1 aliphatic rings. The Balaban J connectivity index is 2.21. The van der Waals surface area contributed by atoms with E-state index in [1.165, 1.54) is 4.90 Å². The summed E-state index contributed by atoms with van der Waals surface area (Å²) in [6.07, 6.45) is 2.35. The van der Waals surface area contributed by atoms with Gasteiger partial charge in [0, 0.05) is 12.6 Å². The third kappa shape index (κ3) is 2.63. The molecule has 2 amide bonds. The molecule has 0 radical (unpaired) electrons. The first kappa shape index (κ1) is 12.4. The average molecular weight is 316 g/mol. The van der Waals surface area contributed by atoms with Gasteiger partial charge in [-0.2, -0.15) is 0 Å². The van der Waals surface area contributed by atoms with Gasteiger partial charge < -0.3 is 4.42 Å². The van der Waals surface area contributed by atoms with Crippen molar-refractivity contribution < 1.29 is 14.0 Å². The monoisotopic (exact) mass is 315 g/mol. The predicted octanol–water partition coefficient (Wildman–Crippen LogP) is 3.49. The molecule has 0 spiro atoms. The number of hydrogen-bond acceptors (Lipinski definition) is 4. The maximum Gasteiger partial charge on any atom is 0.293 e. The number of carbonyl (C=O) groups excluding carboxylic acids is 2. The van der Waals surface area contributed by atoms with Gasteiger partial charge in [-0.25, -0.2) is 0 Å². The van der Waals surface area contributed by atoms with E-state index in [4.69, 9.17) is 4.42 Å². The number of halogens is 1. The second-order valence-corrected chi connectivity index (χ2v) is 5.25. The van der Waals surface area contributed by atoms with Gasteiger partial charge in [-0.05, 0) is 46.2 Å². The fourth-order valence-electron chi connectivity index (χ4n) is 1.45. The summed E-state index contributed by atoms with van der Waals surface area (Å²) in [7, 11) is 0. The number of hydrogen-bond donors (Lipinski definition) is 0. The molecule has 1 aromatic rings. The van der Waals surface area contributed by atoms with Crippen molar-refractivity contribution in [3.05, 3.63) is 27.5 Å². The van der Waals surface area contributed by atoms with Crippen LogP contribution >= 0.6 is 27.7 Å². The largest absolute Gasteiger partial charge is 0.450 e. The Bertz CT molecular complexity index is 495. The van der Waals surface area contributed by atoms with Gasteiger partial charge in [0.2, 0.25) is 0 Å². The van der Waals surface area contributed by atoms with Crippen LogP contribution in [-0.4, -0.2) is 22.6 Å². The minimum absolute atomic E-state index is 0.214. The summed E-state index contributed by atoms with van der Waals surface area (Å²) in [5, 5.41) is -0.214. The molecule has 0 aromatic carbocycles. The lowest BCUT2D eigenvalue weighted by atomic mass is 10.3. The zero-order valence-corrected chi connectivity index (χ0v) is 11.5. The quantitative estimate of drug-likeness (QED) is 0.801. The zero-order valence-electron chi connectivity index (χ0n) is 9.10. The molecule has 0 unspecified atom stereocenters. The Hall–Kier alpha value is -1.01. The van der Waals surface area contributed by atoms with E-state index in [2.05, 4.69) is 15.9 Å². The van der Waals surface area contributed by atoms with Crippen molar-refractivity contribution in [2.24, 2.45) is 0 Å². The molecule has 1 aliphatic heterocycles. The number of rotatable bonds is 3. The molecular formula is C11H10BrNO3S. The minimum Gasteiger partial charge on any atom is -0.450 e. The number of imide groups is 1. The average Bonchev–Trinajstić information content (AvgIpc) is 2.79. The zero-order chi connectivity index (χ0) is 12.4. The van der Waals surface area contributed by atoms with E-state index < -0.39 is 0 Å². The van der Waals surface area contributed by atoms with Gasteiger partial charge in [-0.3, -0.25) is 14.5 Å². The van der Waals surface area contributed by atoms with Gasteiger partial charge in [0.15, 0.2) is 4.67 Å². The van der Waals surface area contributed by atoms with Crippen LogP contribution in [-0.2, 0) is 4.79 Å². The highest BCUT2D eigenvalue weighted by Gasteiger charge is 2.34. The fraction of sp³-hybridized carbons (Fsp3) is 0.273. The molecule has 90 valence electrons. The van der Waals surface area contributed by atoms with Crippen molar-refractivity contribution in [1.29, 1.82) is 0 Å². The second kappa shape index (κ2) is 5.10. The fourth-order valence-corrected chi connectivity index (χ4v) is 2.62. The van der Waals surface area contributed by atoms with E-state index in [1.807, 2.05) is 6.92 Å². The van der Waals surface area contributed by atoms with Crippen molar-refractivity contribution in [2.75, 3.05) is 6.54 Å². The van der Waals surface area contributed by atoms with Crippen molar-refractivity contribution >= 4 is 44.9 Å². The standard InChI is InChI=1S/C11H10BrNO3S/c1-2-5-13-10(14)8(17-11(13)15)6-7-3-4-9(12)16-7/h3-4,6H,2,5H2,1H3/b8-6+. The third-order valence-electron chi connectivity index (χ3n) is 2.19. The molecule has 4 nitrogen and oxygen atoms in total. The van der Waals surface area contributed by atoms with Crippen LogP contribution in [0.1, 0.15) is 19.1 Å². The van der Waals surface area contributed by atoms with Crippen LogP contribution in [0.3, 0.4) is 0 Å². The predicted molar refractivity (Wildman–Crippen MR) is 69.4 cm³/mol. The summed E-state index contributed by atoms with van der Waals surface area (Å²) in [4.78, 5) is 25.1. The van der Waals surface area contributed by atoms with Crippen LogP contribution in [0.25, 0.3) is 6.08 Å². The molecule has 0 aliphatic carbocycles. The van der Waals surface area contributed by atoms with Gasteiger partial charge in [-0.15, -0.1) is 0 Å². The maximum absolute atomic E-state index is 11.9. The molecule has 1 fully saturated rings. The van der Waals surface area contributed by atoms with Gasteiger partial charge in [0.05, 0.1) is 4.91 Å². The smallest absolute Gasteiger partial charge is 0.293 e. The molecule has 0 atom stereocenters. The van der Waals surface area contributed by atoms with Gasteiger partial charge in [0.25, 0.3) is 11.1 Å². The number of nitrogens with zero attached hydrogens (tertiary/aromatic N) is 1. The lowest BCUT2D eigenvalue weighted by Gasteiger charge is -2.09. The normalized spacial score (nSPS) is 18.5. The van der Waals surface area contributed by atoms with Crippen LogP contribution in [0, 0.1) is 0 Å². The first-order valence-electron chi connectivity index (χ1n) is 5.12. The summed E-state index contributed by atoms with van der Waals surface area (Å²) in [5.41, 5.74) is 0. The highest BCUT2D eigenvalue weighted by molar-refractivity contribution is 9.10. The number of amides is 2. The molecule has 2 heterocycles. The van der Waals surface area contributed by atoms with E-state index in [0.29, 0.717) is 21.9 Å². The van der Waals surface area contributed by atoms with E-state index >= 15 is 0 Å². The van der Waals surface area contributed by atoms with Crippen molar-refractivity contribution in [3.63, 3.8) is 0 Å². The van der Waals surface area contributed by atoms with Crippen molar-refractivity contribution in [1.82, 2.24) is 4.90 Å². The lowest BCUT2D eigenvalue weighted by molar-refractivity contribution is -0.122. The summed E-state index contributed by atoms with van der Waals surface area (Å²) >= 11 is 4.13. The van der Waals surface area contributed by atoms with E-state index in [1.54, 1.807) is 18.2 Å². The van der Waals surface area contributed by atoms with E-state index in [0.717, 1.165) is 18.2 Å². The molecule has 2 rings (SSSR count). The van der Waals surface area contributed by atoms with Crippen LogP contribution in [0.4, 0.5) is 4.79 Å². The maximum atomic E-state index is 11.9. The molecule has 0 N–H and O–H groups in total. The van der Waals surface area contributed by atoms with Gasteiger partial charge in [0.1, 0.15) is 5.76 Å². The van der Waals surface area contributed by atoms with Crippen LogP contribution < -0.4 is 0 Å². The van der Waals surface area contributed by atoms with Crippen molar-refractivity contribution in [3.8, 4) is 0 Å². The summed E-state index contributed by atoms with van der Waals surface area (Å²) in [5.74, 6) is 0.313. The first-order chi connectivity index (χ1) is 8.11. The Kier molecular flexibility index (Phi) is 3.73. The molecular weight excluding hydrogens is 306 g/mol. The lowest BCUT2D eigenvalue weighted by Crippen LogP contribution is -2.28. The van der Waals surface area contributed by atoms with Crippen LogP contribution in [0.2, 0.25) is 0 Å². The number of carbonyl (C=O) groups is 2. The molecule has 6 heteroatoms. The molecule has 1 aromatic heterocycles. The summed E-state index contributed by atoms with van der Waals surface area (Å²) < 4.78 is 5.86. The van der Waals surface area contributed by atoms with E-state index in [9.17, 15) is 9.59 Å². The van der Waals surface area contributed by atoms with E-state index in [-0.39, 0.29) is 11.1 Å². The topological polar surface area (TPSA) is 50.5 Å². The van der Waals surface area contributed by atoms with Gasteiger partial charge in [-0.1, -0.05) is 6.92 Å². The molecule has 0 saturated carbocycles. The highest BCUT2D eigenvalue weighted by atomic mass is 79.9. The SMILES string of the molecule is CCCN1C(=O)S/C(=C/c2ccc(Br)o2)C1=O. The summed E-state index contributed by atoms with van der Waals surface area (Å²) in [6.45, 7) is 2.39. The van der Waals surface area contributed by atoms with Crippen LogP contribution in [0.5, 0.6) is 0 Å². The first-order valence-corrected chi connectivity index (χ1v) is 6.73. The number of furan rings is 1. The summed E-state index contributed by atoms with van der Waals surface area (Å²) in [6, 6.07) is 3.47. The Morgan fingerprint density at radius 1 is 1.47 bits per heavy atom. The van der Waals surface area contributed by atoms with Crippen molar-refractivity contribution in [2.45, 2.75) is 13.3 Å². The molecule has 17 heavy (non-hydrogen) atoms. The Labute approximate surface area is 111 Å². The Morgan fingerprint density at radius 3 is 2.82 bits per heavy atom. The van der Waals surface area contributed by atoms with Gasteiger partial charge >= 0.3 is 0 Å². The second-order valence-electron chi connectivity index (χ2n) is 3.48. The van der Waals surface area contributed by atoms with Crippen LogP contribution in [0.15, 0.2) is 26.1 Å². The molecule has 1 saturated heterocycles. The Morgan fingerprint density at radius 2 is 2.24 bits per heavy atom. The number of thioether (sulfide) groups is 1. The highest BCUT2D eigenvalue weighted by Crippen LogP contribution is 2.32. The third-order valence-corrected chi connectivity index (χ3v) is 3.52. The minimum atomic E-state index is -0.241.